The Bertz CT molecular complexity index is 1070. The van der Waals surface area contributed by atoms with Gasteiger partial charge in [-0.25, -0.2) is 0 Å². The first-order valence-electron chi connectivity index (χ1n) is 10.8. The first-order valence-corrected chi connectivity index (χ1v) is 10.8. The summed E-state index contributed by atoms with van der Waals surface area (Å²) in [6, 6.07) is 21.1. The van der Waals surface area contributed by atoms with Crippen molar-refractivity contribution in [3.05, 3.63) is 84.7 Å². The zero-order valence-electron chi connectivity index (χ0n) is 17.9. The number of rotatable bonds is 7. The van der Waals surface area contributed by atoms with Crippen molar-refractivity contribution in [3.8, 4) is 16.9 Å². The Labute approximate surface area is 188 Å². The molecule has 2 heterocycles. The molecule has 6 nitrogen and oxygen atoms in total. The summed E-state index contributed by atoms with van der Waals surface area (Å²) < 4.78 is 5.63. The number of likely N-dealkylation sites (tertiary alicyclic amines) is 1. The van der Waals surface area contributed by atoms with Gasteiger partial charge in [0.15, 0.2) is 6.61 Å². The fourth-order valence-corrected chi connectivity index (χ4v) is 4.37. The minimum Gasteiger partial charge on any atom is -0.484 e. The third-order valence-electron chi connectivity index (χ3n) is 6.08. The van der Waals surface area contributed by atoms with Gasteiger partial charge in [0.25, 0.3) is 5.91 Å². The monoisotopic (exact) mass is 429 g/mol. The number of ether oxygens (including phenoxy) is 1. The predicted molar refractivity (Wildman–Crippen MR) is 123 cm³/mol. The highest BCUT2D eigenvalue weighted by atomic mass is 16.5. The lowest BCUT2D eigenvalue weighted by molar-refractivity contribution is -0.141. The number of pyridine rings is 1. The van der Waals surface area contributed by atoms with Gasteiger partial charge in [-0.15, -0.1) is 0 Å². The van der Waals surface area contributed by atoms with Gasteiger partial charge < -0.3 is 15.4 Å². The molecular weight excluding hydrogens is 402 g/mol. The maximum atomic E-state index is 12.9. The molecule has 32 heavy (non-hydrogen) atoms. The molecule has 1 fully saturated rings. The van der Waals surface area contributed by atoms with Crippen molar-refractivity contribution in [1.82, 2.24) is 9.88 Å². The van der Waals surface area contributed by atoms with Crippen LogP contribution in [0.2, 0.25) is 0 Å². The third-order valence-corrected chi connectivity index (χ3v) is 6.08. The first-order chi connectivity index (χ1) is 15.6. The maximum absolute atomic E-state index is 12.9. The molecule has 0 saturated carbocycles. The minimum atomic E-state index is -0.820. The van der Waals surface area contributed by atoms with E-state index in [2.05, 4.69) is 4.98 Å². The summed E-state index contributed by atoms with van der Waals surface area (Å²) in [6.07, 6.45) is 5.38. The second-order valence-corrected chi connectivity index (χ2v) is 8.24. The second-order valence-electron chi connectivity index (χ2n) is 8.24. The van der Waals surface area contributed by atoms with Crippen LogP contribution in [0.3, 0.4) is 0 Å². The van der Waals surface area contributed by atoms with Gasteiger partial charge in [0.1, 0.15) is 5.75 Å². The largest absolute Gasteiger partial charge is 0.484 e. The van der Waals surface area contributed by atoms with E-state index < -0.39 is 5.41 Å². The molecule has 1 saturated heterocycles. The van der Waals surface area contributed by atoms with Crippen LogP contribution < -0.4 is 10.5 Å². The van der Waals surface area contributed by atoms with Gasteiger partial charge in [-0.05, 0) is 48.6 Å². The van der Waals surface area contributed by atoms with Gasteiger partial charge >= 0.3 is 0 Å². The molecule has 1 aliphatic heterocycles. The van der Waals surface area contributed by atoms with Crippen LogP contribution in [-0.2, 0) is 16.0 Å². The number of benzene rings is 2. The average Bonchev–Trinajstić information content (AvgIpc) is 2.84. The van der Waals surface area contributed by atoms with E-state index in [9.17, 15) is 9.59 Å². The Morgan fingerprint density at radius 1 is 1.03 bits per heavy atom. The third kappa shape index (κ3) is 4.80. The molecular formula is C26H27N3O3. The van der Waals surface area contributed by atoms with Crippen molar-refractivity contribution in [1.29, 1.82) is 0 Å². The Hall–Kier alpha value is -3.67. The number of carbonyl (C=O) groups excluding carboxylic acids is 2. The smallest absolute Gasteiger partial charge is 0.260 e. The standard InChI is InChI=1S/C26H27N3O3/c27-25(31)26(16-20-8-4-5-12-23(20)21-9-6-14-28-17-21)13-7-15-29(19-26)24(30)18-32-22-10-2-1-3-11-22/h1-6,8-12,14,17H,7,13,15-16,18-19H2,(H2,27,31). The number of aromatic nitrogens is 1. The zero-order chi connectivity index (χ0) is 22.4. The molecule has 164 valence electrons. The summed E-state index contributed by atoms with van der Waals surface area (Å²) in [5.74, 6) is 0.129. The van der Waals surface area contributed by atoms with E-state index in [-0.39, 0.29) is 18.4 Å². The van der Waals surface area contributed by atoms with Crippen molar-refractivity contribution in [2.24, 2.45) is 11.1 Å². The van der Waals surface area contributed by atoms with E-state index in [1.807, 2.05) is 72.9 Å². The van der Waals surface area contributed by atoms with E-state index in [1.165, 1.54) is 0 Å². The molecule has 0 spiro atoms. The summed E-state index contributed by atoms with van der Waals surface area (Å²) in [4.78, 5) is 31.5. The molecule has 1 atom stereocenters. The zero-order valence-corrected chi connectivity index (χ0v) is 17.9. The molecule has 4 rings (SSSR count). The topological polar surface area (TPSA) is 85.5 Å². The molecule has 1 aliphatic rings. The number of hydrogen-bond donors (Lipinski definition) is 1. The number of nitrogens with two attached hydrogens (primary N) is 1. The van der Waals surface area contributed by atoms with Crippen molar-refractivity contribution in [2.75, 3.05) is 19.7 Å². The van der Waals surface area contributed by atoms with Crippen LogP contribution >= 0.6 is 0 Å². The van der Waals surface area contributed by atoms with Crippen LogP contribution in [0.4, 0.5) is 0 Å². The lowest BCUT2D eigenvalue weighted by Gasteiger charge is -2.41. The summed E-state index contributed by atoms with van der Waals surface area (Å²) in [7, 11) is 0. The molecule has 1 unspecified atom stereocenters. The van der Waals surface area contributed by atoms with Crippen LogP contribution in [0.25, 0.3) is 11.1 Å². The number of piperidine rings is 1. The van der Waals surface area contributed by atoms with Crippen LogP contribution in [0.5, 0.6) is 5.75 Å². The van der Waals surface area contributed by atoms with E-state index in [0.29, 0.717) is 31.7 Å². The highest BCUT2D eigenvalue weighted by molar-refractivity contribution is 5.84. The van der Waals surface area contributed by atoms with Crippen molar-refractivity contribution >= 4 is 11.8 Å². The van der Waals surface area contributed by atoms with Crippen LogP contribution in [0.15, 0.2) is 79.1 Å². The predicted octanol–water partition coefficient (Wildman–Crippen LogP) is 3.46. The summed E-state index contributed by atoms with van der Waals surface area (Å²) in [5, 5.41) is 0. The number of carbonyl (C=O) groups is 2. The molecule has 1 aromatic heterocycles. The van der Waals surface area contributed by atoms with Gasteiger partial charge in [-0.1, -0.05) is 48.5 Å². The van der Waals surface area contributed by atoms with Gasteiger partial charge in [0.2, 0.25) is 5.91 Å². The van der Waals surface area contributed by atoms with Crippen LogP contribution in [0.1, 0.15) is 18.4 Å². The quantitative estimate of drug-likeness (QED) is 0.623. The molecule has 0 bridgehead atoms. The molecule has 6 heteroatoms. The normalized spacial score (nSPS) is 18.2. The van der Waals surface area contributed by atoms with Crippen molar-refractivity contribution < 1.29 is 14.3 Å². The number of nitrogens with zero attached hydrogens (tertiary/aromatic N) is 2. The van der Waals surface area contributed by atoms with E-state index in [4.69, 9.17) is 10.5 Å². The SMILES string of the molecule is NC(=O)C1(Cc2ccccc2-c2cccnc2)CCCN(C(=O)COc2ccccc2)C1. The molecule has 3 aromatic rings. The van der Waals surface area contributed by atoms with E-state index >= 15 is 0 Å². The van der Waals surface area contributed by atoms with Gasteiger partial charge in [0.05, 0.1) is 5.41 Å². The molecule has 2 aromatic carbocycles. The second kappa shape index (κ2) is 9.64. The van der Waals surface area contributed by atoms with Gasteiger partial charge in [0, 0.05) is 31.0 Å². The van der Waals surface area contributed by atoms with E-state index in [1.54, 1.807) is 11.1 Å². The Morgan fingerprint density at radius 3 is 2.56 bits per heavy atom. The number of para-hydroxylation sites is 1. The number of primary amides is 1. The highest BCUT2D eigenvalue weighted by Crippen LogP contribution is 2.36. The van der Waals surface area contributed by atoms with Gasteiger partial charge in [-0.2, -0.15) is 0 Å². The molecule has 2 N–H and O–H groups in total. The number of hydrogen-bond acceptors (Lipinski definition) is 4. The van der Waals surface area contributed by atoms with Gasteiger partial charge in [-0.3, -0.25) is 14.6 Å². The minimum absolute atomic E-state index is 0.0644. The summed E-state index contributed by atoms with van der Waals surface area (Å²) in [5.41, 5.74) is 8.16. The van der Waals surface area contributed by atoms with Crippen LogP contribution in [-0.4, -0.2) is 41.4 Å². The molecule has 2 amide bonds. The molecule has 0 aliphatic carbocycles. The fraction of sp³-hybridized carbons (Fsp3) is 0.269. The Kier molecular flexibility index (Phi) is 6.50. The summed E-state index contributed by atoms with van der Waals surface area (Å²) >= 11 is 0. The lowest BCUT2D eigenvalue weighted by Crippen LogP contribution is -2.54. The maximum Gasteiger partial charge on any atom is 0.260 e. The van der Waals surface area contributed by atoms with E-state index in [0.717, 1.165) is 23.1 Å². The Balaban J connectivity index is 1.53. The highest BCUT2D eigenvalue weighted by Gasteiger charge is 2.42. The van der Waals surface area contributed by atoms with Crippen molar-refractivity contribution in [3.63, 3.8) is 0 Å². The average molecular weight is 430 g/mol. The van der Waals surface area contributed by atoms with Crippen LogP contribution in [0, 0.1) is 5.41 Å². The summed E-state index contributed by atoms with van der Waals surface area (Å²) in [6.45, 7) is 0.822. The first kappa shape index (κ1) is 21.6. The number of amides is 2. The molecule has 0 radical (unpaired) electrons. The fourth-order valence-electron chi connectivity index (χ4n) is 4.37. The Morgan fingerprint density at radius 2 is 1.81 bits per heavy atom. The van der Waals surface area contributed by atoms with Crippen molar-refractivity contribution in [2.45, 2.75) is 19.3 Å². The lowest BCUT2D eigenvalue weighted by atomic mass is 9.73.